The number of nitrogens with one attached hydrogen (secondary N) is 2. The SMILES string of the molecule is O=COCCc1ccc(NCc2ncc[nH]2)c(CF)c1. The molecule has 0 fully saturated rings. The molecule has 1 heterocycles. The molecule has 2 N–H and O–H groups in total. The molecule has 0 bridgehead atoms. The zero-order valence-corrected chi connectivity index (χ0v) is 10.9. The Hall–Kier alpha value is -2.37. The number of anilines is 1. The van der Waals surface area contributed by atoms with Crippen LogP contribution in [-0.2, 0) is 29.2 Å². The van der Waals surface area contributed by atoms with E-state index in [1.54, 1.807) is 18.5 Å². The molecule has 0 amide bonds. The number of aromatic nitrogens is 2. The molecule has 0 aliphatic heterocycles. The predicted octanol–water partition coefficient (Wildman–Crippen LogP) is 2.21. The maximum atomic E-state index is 13.1. The van der Waals surface area contributed by atoms with Crippen LogP contribution in [0.25, 0.3) is 0 Å². The van der Waals surface area contributed by atoms with Crippen molar-refractivity contribution in [3.05, 3.63) is 47.5 Å². The zero-order valence-electron chi connectivity index (χ0n) is 10.9. The van der Waals surface area contributed by atoms with Gasteiger partial charge in [0.05, 0.1) is 13.2 Å². The quantitative estimate of drug-likeness (QED) is 0.573. The monoisotopic (exact) mass is 277 g/mol. The van der Waals surface area contributed by atoms with Crippen molar-refractivity contribution in [2.75, 3.05) is 11.9 Å². The summed E-state index contributed by atoms with van der Waals surface area (Å²) >= 11 is 0. The van der Waals surface area contributed by atoms with Gasteiger partial charge in [-0.1, -0.05) is 12.1 Å². The van der Waals surface area contributed by atoms with Gasteiger partial charge in [0.2, 0.25) is 0 Å². The van der Waals surface area contributed by atoms with E-state index in [1.165, 1.54) is 0 Å². The summed E-state index contributed by atoms with van der Waals surface area (Å²) < 4.78 is 17.7. The van der Waals surface area contributed by atoms with Gasteiger partial charge in [-0.05, 0) is 11.6 Å². The van der Waals surface area contributed by atoms with E-state index in [0.29, 0.717) is 31.6 Å². The maximum absolute atomic E-state index is 13.1. The number of benzene rings is 1. The van der Waals surface area contributed by atoms with Gasteiger partial charge in [0, 0.05) is 30.1 Å². The summed E-state index contributed by atoms with van der Waals surface area (Å²) in [7, 11) is 0. The number of carbonyl (C=O) groups excluding carboxylic acids is 1. The van der Waals surface area contributed by atoms with Crippen LogP contribution in [0.15, 0.2) is 30.6 Å². The van der Waals surface area contributed by atoms with Gasteiger partial charge in [-0.2, -0.15) is 0 Å². The molecule has 0 unspecified atom stereocenters. The predicted molar refractivity (Wildman–Crippen MR) is 72.9 cm³/mol. The standard InChI is InChI=1S/C14H16FN3O2/c15-8-12-7-11(3-6-20-10-19)1-2-13(12)18-9-14-16-4-5-17-14/h1-2,4-5,7,10,18H,3,6,8-9H2,(H,16,17). The Morgan fingerprint density at radius 2 is 2.35 bits per heavy atom. The van der Waals surface area contributed by atoms with E-state index in [2.05, 4.69) is 20.0 Å². The van der Waals surface area contributed by atoms with E-state index in [1.807, 2.05) is 12.1 Å². The fourth-order valence-electron chi connectivity index (χ4n) is 1.88. The van der Waals surface area contributed by atoms with Crippen molar-refractivity contribution in [3.63, 3.8) is 0 Å². The second-order valence-electron chi connectivity index (χ2n) is 4.23. The molecular formula is C14H16FN3O2. The number of nitrogens with zero attached hydrogens (tertiary/aromatic N) is 1. The van der Waals surface area contributed by atoms with Gasteiger partial charge in [0.25, 0.3) is 6.47 Å². The number of rotatable bonds is 8. The second-order valence-corrected chi connectivity index (χ2v) is 4.23. The average molecular weight is 277 g/mol. The van der Waals surface area contributed by atoms with Crippen LogP contribution in [0.3, 0.4) is 0 Å². The molecule has 1 aromatic carbocycles. The van der Waals surface area contributed by atoms with Gasteiger partial charge in [0.15, 0.2) is 0 Å². The number of aromatic amines is 1. The number of hydrogen-bond acceptors (Lipinski definition) is 4. The smallest absolute Gasteiger partial charge is 0.293 e. The molecule has 0 radical (unpaired) electrons. The van der Waals surface area contributed by atoms with Crippen molar-refractivity contribution >= 4 is 12.2 Å². The van der Waals surface area contributed by atoms with Crippen molar-refractivity contribution in [1.82, 2.24) is 9.97 Å². The van der Waals surface area contributed by atoms with Crippen LogP contribution in [0.4, 0.5) is 10.1 Å². The Kier molecular flexibility index (Phi) is 5.11. The molecule has 0 atom stereocenters. The average Bonchev–Trinajstić information content (AvgIpc) is 2.99. The number of H-pyrrole nitrogens is 1. The zero-order chi connectivity index (χ0) is 14.2. The molecule has 0 saturated carbocycles. The minimum absolute atomic E-state index is 0.300. The fourth-order valence-corrected chi connectivity index (χ4v) is 1.88. The van der Waals surface area contributed by atoms with Crippen LogP contribution in [-0.4, -0.2) is 23.0 Å². The van der Waals surface area contributed by atoms with Gasteiger partial charge in [0.1, 0.15) is 12.5 Å². The number of carbonyl (C=O) groups is 1. The summed E-state index contributed by atoms with van der Waals surface area (Å²) in [5.74, 6) is 0.790. The highest BCUT2D eigenvalue weighted by Crippen LogP contribution is 2.19. The van der Waals surface area contributed by atoms with Gasteiger partial charge in [-0.25, -0.2) is 9.37 Å². The fraction of sp³-hybridized carbons (Fsp3) is 0.286. The minimum Gasteiger partial charge on any atom is -0.468 e. The van der Waals surface area contributed by atoms with Gasteiger partial charge >= 0.3 is 0 Å². The first-order chi connectivity index (χ1) is 9.83. The highest BCUT2D eigenvalue weighted by Gasteiger charge is 2.05. The second kappa shape index (κ2) is 7.28. The van der Waals surface area contributed by atoms with Crippen LogP contribution in [0, 0.1) is 0 Å². The molecule has 5 nitrogen and oxygen atoms in total. The molecule has 106 valence electrons. The number of alkyl halides is 1. The summed E-state index contributed by atoms with van der Waals surface area (Å²) in [6.07, 6.45) is 3.98. The summed E-state index contributed by atoms with van der Waals surface area (Å²) in [5.41, 5.74) is 2.26. The van der Waals surface area contributed by atoms with Crippen molar-refractivity contribution in [2.24, 2.45) is 0 Å². The van der Waals surface area contributed by atoms with Crippen LogP contribution in [0.5, 0.6) is 0 Å². The third-order valence-corrected chi connectivity index (χ3v) is 2.89. The Labute approximate surface area is 116 Å². The normalized spacial score (nSPS) is 10.2. The molecule has 2 aromatic rings. The number of halogens is 1. The van der Waals surface area contributed by atoms with Crippen LogP contribution in [0.2, 0.25) is 0 Å². The van der Waals surface area contributed by atoms with E-state index < -0.39 is 6.67 Å². The van der Waals surface area contributed by atoms with E-state index in [0.717, 1.165) is 17.1 Å². The molecule has 6 heteroatoms. The van der Waals surface area contributed by atoms with E-state index in [4.69, 9.17) is 0 Å². The molecule has 0 aliphatic rings. The van der Waals surface area contributed by atoms with Gasteiger partial charge in [-0.15, -0.1) is 0 Å². The summed E-state index contributed by atoms with van der Waals surface area (Å²) in [4.78, 5) is 17.1. The molecule has 0 saturated heterocycles. The summed E-state index contributed by atoms with van der Waals surface area (Å²) in [5, 5.41) is 3.14. The molecule has 1 aromatic heterocycles. The highest BCUT2D eigenvalue weighted by molar-refractivity contribution is 5.52. The van der Waals surface area contributed by atoms with Crippen molar-refractivity contribution in [3.8, 4) is 0 Å². The Morgan fingerprint density at radius 1 is 1.45 bits per heavy atom. The summed E-state index contributed by atoms with van der Waals surface area (Å²) in [6, 6.07) is 5.49. The van der Waals surface area contributed by atoms with E-state index in [-0.39, 0.29) is 0 Å². The molecule has 2 rings (SSSR count). The first-order valence-electron chi connectivity index (χ1n) is 6.28. The van der Waals surface area contributed by atoms with Gasteiger partial charge in [-0.3, -0.25) is 4.79 Å². The Bertz CT molecular complexity index is 543. The lowest BCUT2D eigenvalue weighted by atomic mass is 10.1. The lowest BCUT2D eigenvalue weighted by Gasteiger charge is -2.11. The van der Waals surface area contributed by atoms with Crippen molar-refractivity contribution in [2.45, 2.75) is 19.6 Å². The van der Waals surface area contributed by atoms with E-state index >= 15 is 0 Å². The lowest BCUT2D eigenvalue weighted by molar-refractivity contribution is -0.128. The van der Waals surface area contributed by atoms with Crippen LogP contribution in [0.1, 0.15) is 17.0 Å². The third-order valence-electron chi connectivity index (χ3n) is 2.89. The van der Waals surface area contributed by atoms with Crippen molar-refractivity contribution in [1.29, 1.82) is 0 Å². The molecule has 20 heavy (non-hydrogen) atoms. The van der Waals surface area contributed by atoms with Crippen LogP contribution >= 0.6 is 0 Å². The Morgan fingerprint density at radius 3 is 3.05 bits per heavy atom. The largest absolute Gasteiger partial charge is 0.468 e. The van der Waals surface area contributed by atoms with Crippen molar-refractivity contribution < 1.29 is 13.9 Å². The molecule has 0 spiro atoms. The molecular weight excluding hydrogens is 261 g/mol. The molecule has 0 aliphatic carbocycles. The number of ether oxygens (including phenoxy) is 1. The summed E-state index contributed by atoms with van der Waals surface area (Å²) in [6.45, 7) is 0.667. The minimum atomic E-state index is -0.553. The van der Waals surface area contributed by atoms with Gasteiger partial charge < -0.3 is 15.0 Å². The first-order valence-corrected chi connectivity index (χ1v) is 6.28. The maximum Gasteiger partial charge on any atom is 0.293 e. The third kappa shape index (κ3) is 3.81. The van der Waals surface area contributed by atoms with E-state index in [9.17, 15) is 9.18 Å². The number of imidazole rings is 1. The lowest BCUT2D eigenvalue weighted by Crippen LogP contribution is -2.04. The highest BCUT2D eigenvalue weighted by atomic mass is 19.1. The Balaban J connectivity index is 1.99. The topological polar surface area (TPSA) is 67.0 Å². The first kappa shape index (κ1) is 14.0. The number of hydrogen-bond donors (Lipinski definition) is 2. The van der Waals surface area contributed by atoms with Crippen LogP contribution < -0.4 is 5.32 Å².